The van der Waals surface area contributed by atoms with Crippen molar-refractivity contribution in [2.75, 3.05) is 24.3 Å². The quantitative estimate of drug-likeness (QED) is 0.643. The van der Waals surface area contributed by atoms with Crippen LogP contribution in [-0.2, 0) is 13.0 Å². The van der Waals surface area contributed by atoms with E-state index in [4.69, 9.17) is 4.74 Å². The number of nitrogens with one attached hydrogen (secondary N) is 2. The predicted octanol–water partition coefficient (Wildman–Crippen LogP) is 4.06. The third kappa shape index (κ3) is 5.21. The van der Waals surface area contributed by atoms with E-state index in [-0.39, 0.29) is 0 Å². The minimum absolute atomic E-state index is 0.632. The minimum atomic E-state index is 0.632. The van der Waals surface area contributed by atoms with Crippen molar-refractivity contribution >= 4 is 11.8 Å². The molecule has 26 heavy (non-hydrogen) atoms. The van der Waals surface area contributed by atoms with E-state index in [1.54, 1.807) is 13.3 Å². The zero-order valence-corrected chi connectivity index (χ0v) is 15.2. The highest BCUT2D eigenvalue weighted by Gasteiger charge is 2.01. The maximum atomic E-state index is 5.17. The summed E-state index contributed by atoms with van der Waals surface area (Å²) in [5.41, 5.74) is 3.73. The van der Waals surface area contributed by atoms with E-state index < -0.39 is 0 Å². The Kier molecular flexibility index (Phi) is 6.04. The Morgan fingerprint density at radius 1 is 0.962 bits per heavy atom. The van der Waals surface area contributed by atoms with Gasteiger partial charge in [0.2, 0.25) is 5.95 Å². The van der Waals surface area contributed by atoms with Gasteiger partial charge in [0.25, 0.3) is 0 Å². The van der Waals surface area contributed by atoms with Gasteiger partial charge in [-0.2, -0.15) is 4.98 Å². The number of ether oxygens (including phenoxy) is 1. The summed E-state index contributed by atoms with van der Waals surface area (Å²) in [6.07, 6.45) is 2.66. The molecule has 0 bridgehead atoms. The third-order valence-corrected chi connectivity index (χ3v) is 4.07. The van der Waals surface area contributed by atoms with Crippen LogP contribution >= 0.6 is 0 Å². The van der Waals surface area contributed by atoms with Gasteiger partial charge in [0.05, 0.1) is 7.11 Å². The van der Waals surface area contributed by atoms with Crippen molar-refractivity contribution in [3.8, 4) is 5.75 Å². The molecule has 0 radical (unpaired) electrons. The normalized spacial score (nSPS) is 10.4. The van der Waals surface area contributed by atoms with E-state index in [9.17, 15) is 0 Å². The molecular weight excluding hydrogens is 324 g/mol. The molecule has 0 aliphatic heterocycles. The first-order valence-corrected chi connectivity index (χ1v) is 8.72. The highest BCUT2D eigenvalue weighted by Crippen LogP contribution is 2.12. The van der Waals surface area contributed by atoms with Crippen LogP contribution in [0.1, 0.15) is 16.7 Å². The smallest absolute Gasteiger partial charge is 0.224 e. The highest BCUT2D eigenvalue weighted by atomic mass is 16.5. The molecular formula is C21H24N4O. The fraction of sp³-hybridized carbons (Fsp3) is 0.238. The van der Waals surface area contributed by atoms with Crippen LogP contribution in [0.25, 0.3) is 0 Å². The van der Waals surface area contributed by atoms with Crippen LogP contribution < -0.4 is 15.4 Å². The van der Waals surface area contributed by atoms with E-state index in [2.05, 4.69) is 63.9 Å². The second-order valence-corrected chi connectivity index (χ2v) is 6.13. The van der Waals surface area contributed by atoms with Gasteiger partial charge in [-0.3, -0.25) is 0 Å². The maximum Gasteiger partial charge on any atom is 0.224 e. The van der Waals surface area contributed by atoms with Gasteiger partial charge in [-0.25, -0.2) is 4.98 Å². The highest BCUT2D eigenvalue weighted by molar-refractivity contribution is 5.40. The Morgan fingerprint density at radius 2 is 1.81 bits per heavy atom. The monoisotopic (exact) mass is 348 g/mol. The van der Waals surface area contributed by atoms with Gasteiger partial charge >= 0.3 is 0 Å². The fourth-order valence-corrected chi connectivity index (χ4v) is 2.67. The molecule has 0 atom stereocenters. The molecule has 5 nitrogen and oxygen atoms in total. The lowest BCUT2D eigenvalue weighted by molar-refractivity contribution is 0.414. The molecule has 3 aromatic rings. The van der Waals surface area contributed by atoms with Gasteiger partial charge < -0.3 is 15.4 Å². The summed E-state index contributed by atoms with van der Waals surface area (Å²) < 4.78 is 5.17. The zero-order valence-electron chi connectivity index (χ0n) is 15.2. The lowest BCUT2D eigenvalue weighted by Crippen LogP contribution is -2.09. The molecule has 2 N–H and O–H groups in total. The van der Waals surface area contributed by atoms with E-state index in [1.807, 2.05) is 18.2 Å². The summed E-state index contributed by atoms with van der Waals surface area (Å²) in [6, 6.07) is 18.4. The number of benzene rings is 2. The number of nitrogens with zero attached hydrogens (tertiary/aromatic N) is 2. The van der Waals surface area contributed by atoms with Gasteiger partial charge in [-0.05, 0) is 42.7 Å². The van der Waals surface area contributed by atoms with Crippen LogP contribution in [0.4, 0.5) is 11.8 Å². The Hall–Kier alpha value is -3.08. The van der Waals surface area contributed by atoms with Gasteiger partial charge in [0.1, 0.15) is 11.6 Å². The van der Waals surface area contributed by atoms with Crippen molar-refractivity contribution in [1.29, 1.82) is 0 Å². The first-order valence-electron chi connectivity index (χ1n) is 8.72. The van der Waals surface area contributed by atoms with Crippen LogP contribution in [0.2, 0.25) is 0 Å². The van der Waals surface area contributed by atoms with E-state index in [0.717, 1.165) is 31.1 Å². The van der Waals surface area contributed by atoms with Crippen LogP contribution in [0, 0.1) is 6.92 Å². The molecule has 2 aromatic carbocycles. The standard InChI is InChI=1S/C21H24N4O/c1-16-4-3-5-18(14-16)15-24-20-11-13-23-21(25-20)22-12-10-17-6-8-19(26-2)9-7-17/h3-9,11,13-14H,10,12,15H2,1-2H3,(H2,22,23,24,25). The van der Waals surface area contributed by atoms with E-state index >= 15 is 0 Å². The van der Waals surface area contributed by atoms with E-state index in [1.165, 1.54) is 16.7 Å². The molecule has 5 heteroatoms. The number of hydrogen-bond acceptors (Lipinski definition) is 5. The largest absolute Gasteiger partial charge is 0.497 e. The van der Waals surface area contributed by atoms with Crippen molar-refractivity contribution in [2.24, 2.45) is 0 Å². The Labute approximate surface area is 154 Å². The molecule has 1 aromatic heterocycles. The van der Waals surface area contributed by atoms with Crippen LogP contribution in [0.3, 0.4) is 0 Å². The van der Waals surface area contributed by atoms with Gasteiger partial charge in [-0.15, -0.1) is 0 Å². The second kappa shape index (κ2) is 8.85. The first-order chi connectivity index (χ1) is 12.7. The van der Waals surface area contributed by atoms with Crippen molar-refractivity contribution in [3.05, 3.63) is 77.5 Å². The molecule has 0 spiro atoms. The number of aryl methyl sites for hydroxylation is 1. The fourth-order valence-electron chi connectivity index (χ4n) is 2.67. The first kappa shape index (κ1) is 17.7. The number of anilines is 2. The van der Waals surface area contributed by atoms with Crippen molar-refractivity contribution < 1.29 is 4.74 Å². The Balaban J connectivity index is 1.50. The van der Waals surface area contributed by atoms with Gasteiger partial charge in [-0.1, -0.05) is 42.0 Å². The number of methoxy groups -OCH3 is 1. The average Bonchev–Trinajstić information content (AvgIpc) is 2.67. The number of aromatic nitrogens is 2. The second-order valence-electron chi connectivity index (χ2n) is 6.13. The van der Waals surface area contributed by atoms with Crippen molar-refractivity contribution in [2.45, 2.75) is 19.9 Å². The lowest BCUT2D eigenvalue weighted by Gasteiger charge is -2.09. The summed E-state index contributed by atoms with van der Waals surface area (Å²) in [6.45, 7) is 3.61. The molecule has 0 unspecified atom stereocenters. The minimum Gasteiger partial charge on any atom is -0.497 e. The molecule has 0 aliphatic rings. The Bertz CT molecular complexity index is 833. The molecule has 0 fully saturated rings. The van der Waals surface area contributed by atoms with Crippen LogP contribution in [0.15, 0.2) is 60.8 Å². The van der Waals surface area contributed by atoms with E-state index in [0.29, 0.717) is 5.95 Å². The molecule has 134 valence electrons. The summed E-state index contributed by atoms with van der Waals surface area (Å²) in [7, 11) is 1.67. The summed E-state index contributed by atoms with van der Waals surface area (Å²) in [5.74, 6) is 2.32. The molecule has 1 heterocycles. The summed E-state index contributed by atoms with van der Waals surface area (Å²) >= 11 is 0. The van der Waals surface area contributed by atoms with Crippen molar-refractivity contribution in [3.63, 3.8) is 0 Å². The topological polar surface area (TPSA) is 59.1 Å². The van der Waals surface area contributed by atoms with Crippen LogP contribution in [-0.4, -0.2) is 23.6 Å². The Morgan fingerprint density at radius 3 is 2.58 bits per heavy atom. The summed E-state index contributed by atoms with van der Waals surface area (Å²) in [4.78, 5) is 8.80. The zero-order chi connectivity index (χ0) is 18.2. The average molecular weight is 348 g/mol. The number of hydrogen-bond donors (Lipinski definition) is 2. The molecule has 0 amide bonds. The molecule has 3 rings (SSSR count). The molecule has 0 saturated heterocycles. The maximum absolute atomic E-state index is 5.17. The predicted molar refractivity (Wildman–Crippen MR) is 106 cm³/mol. The van der Waals surface area contributed by atoms with Crippen molar-refractivity contribution in [1.82, 2.24) is 9.97 Å². The van der Waals surface area contributed by atoms with Gasteiger partial charge in [0.15, 0.2) is 0 Å². The van der Waals surface area contributed by atoms with Crippen LogP contribution in [0.5, 0.6) is 5.75 Å². The number of rotatable bonds is 8. The lowest BCUT2D eigenvalue weighted by atomic mass is 10.1. The SMILES string of the molecule is COc1ccc(CCNc2nccc(NCc3cccc(C)c3)n2)cc1. The summed E-state index contributed by atoms with van der Waals surface area (Å²) in [5, 5.41) is 6.62. The third-order valence-electron chi connectivity index (χ3n) is 4.07. The molecule has 0 aliphatic carbocycles. The molecule has 0 saturated carbocycles. The van der Waals surface area contributed by atoms with Gasteiger partial charge in [0, 0.05) is 19.3 Å².